The second-order valence-corrected chi connectivity index (χ2v) is 6.51. The molecular formula is C13H14ClN3O2S. The van der Waals surface area contributed by atoms with Gasteiger partial charge >= 0.3 is 0 Å². The Bertz CT molecular complexity index is 720. The number of anilines is 2. The van der Waals surface area contributed by atoms with Gasteiger partial charge in [0.25, 0.3) is 10.0 Å². The van der Waals surface area contributed by atoms with E-state index in [0.717, 1.165) is 0 Å². The number of hydrogen-bond donors (Lipinski definition) is 2. The minimum Gasteiger partial charge on any atom is -0.399 e. The first-order chi connectivity index (χ1) is 9.29. The Morgan fingerprint density at radius 2 is 1.80 bits per heavy atom. The van der Waals surface area contributed by atoms with E-state index in [1.165, 1.54) is 12.3 Å². The third-order valence-corrected chi connectivity index (χ3v) is 4.60. The van der Waals surface area contributed by atoms with Gasteiger partial charge in [0.05, 0.1) is 9.92 Å². The first-order valence-electron chi connectivity index (χ1n) is 5.81. The molecule has 2 rings (SSSR count). The van der Waals surface area contributed by atoms with E-state index in [1.54, 1.807) is 32.0 Å². The summed E-state index contributed by atoms with van der Waals surface area (Å²) in [5.41, 5.74) is 7.40. The molecule has 0 radical (unpaired) electrons. The fourth-order valence-corrected chi connectivity index (χ4v) is 3.61. The van der Waals surface area contributed by atoms with E-state index in [0.29, 0.717) is 21.8 Å². The largest absolute Gasteiger partial charge is 0.399 e. The van der Waals surface area contributed by atoms with Gasteiger partial charge in [0.15, 0.2) is 0 Å². The van der Waals surface area contributed by atoms with Crippen molar-refractivity contribution in [2.75, 3.05) is 10.5 Å². The smallest absolute Gasteiger partial charge is 0.263 e. The van der Waals surface area contributed by atoms with Gasteiger partial charge in [-0.15, -0.1) is 0 Å². The van der Waals surface area contributed by atoms with Crippen molar-refractivity contribution in [3.63, 3.8) is 0 Å². The van der Waals surface area contributed by atoms with Crippen LogP contribution in [0.5, 0.6) is 0 Å². The summed E-state index contributed by atoms with van der Waals surface area (Å²) in [5, 5.41) is 0.438. The number of hydrogen-bond acceptors (Lipinski definition) is 4. The Hall–Kier alpha value is -1.79. The van der Waals surface area contributed by atoms with Crippen molar-refractivity contribution in [1.82, 2.24) is 4.98 Å². The zero-order valence-corrected chi connectivity index (χ0v) is 12.6. The zero-order chi connectivity index (χ0) is 14.9. The summed E-state index contributed by atoms with van der Waals surface area (Å²) < 4.78 is 27.3. The first kappa shape index (κ1) is 14.6. The van der Waals surface area contributed by atoms with E-state index in [1.807, 2.05) is 0 Å². The Labute approximate surface area is 122 Å². The number of nitrogens with zero attached hydrogens (tertiary/aromatic N) is 1. The predicted octanol–water partition coefficient (Wildman–Crippen LogP) is 2.73. The third kappa shape index (κ3) is 3.02. The van der Waals surface area contributed by atoms with Crippen LogP contribution >= 0.6 is 11.6 Å². The fraction of sp³-hybridized carbons (Fsp3) is 0.154. The normalized spacial score (nSPS) is 11.3. The maximum atomic E-state index is 12.4. The maximum absolute atomic E-state index is 12.4. The van der Waals surface area contributed by atoms with Gasteiger partial charge in [0.1, 0.15) is 5.82 Å². The van der Waals surface area contributed by atoms with Crippen molar-refractivity contribution < 1.29 is 8.42 Å². The van der Waals surface area contributed by atoms with Crippen LogP contribution in [0.4, 0.5) is 11.5 Å². The Morgan fingerprint density at radius 1 is 1.20 bits per heavy atom. The average Bonchev–Trinajstić information content (AvgIpc) is 2.30. The predicted molar refractivity (Wildman–Crippen MR) is 80.4 cm³/mol. The molecule has 0 unspecified atom stereocenters. The molecule has 0 amide bonds. The molecule has 1 aromatic carbocycles. The van der Waals surface area contributed by atoms with E-state index in [2.05, 4.69) is 9.71 Å². The molecule has 0 fully saturated rings. The molecule has 20 heavy (non-hydrogen) atoms. The minimum atomic E-state index is -3.72. The quantitative estimate of drug-likeness (QED) is 0.853. The van der Waals surface area contributed by atoms with Crippen molar-refractivity contribution in [3.8, 4) is 0 Å². The van der Waals surface area contributed by atoms with Crippen molar-refractivity contribution in [2.24, 2.45) is 0 Å². The lowest BCUT2D eigenvalue weighted by Crippen LogP contribution is -2.16. The molecule has 0 aliphatic carbocycles. The molecule has 0 bridgehead atoms. The summed E-state index contributed by atoms with van der Waals surface area (Å²) >= 11 is 5.71. The van der Waals surface area contributed by atoms with E-state index in [9.17, 15) is 8.42 Å². The molecule has 0 saturated heterocycles. The zero-order valence-electron chi connectivity index (χ0n) is 11.0. The number of nitrogen functional groups attached to an aromatic ring is 1. The number of aromatic nitrogens is 1. The van der Waals surface area contributed by atoms with Gasteiger partial charge in [0.2, 0.25) is 0 Å². The summed E-state index contributed by atoms with van der Waals surface area (Å²) in [6.07, 6.45) is 1.38. The molecule has 0 saturated carbocycles. The number of nitrogens with one attached hydrogen (secondary N) is 1. The van der Waals surface area contributed by atoms with Crippen molar-refractivity contribution >= 4 is 33.1 Å². The first-order valence-corrected chi connectivity index (χ1v) is 7.67. The van der Waals surface area contributed by atoms with Crippen molar-refractivity contribution in [1.29, 1.82) is 0 Å². The highest BCUT2D eigenvalue weighted by molar-refractivity contribution is 7.92. The number of nitrogens with two attached hydrogens (primary N) is 1. The van der Waals surface area contributed by atoms with E-state index in [-0.39, 0.29) is 10.7 Å². The van der Waals surface area contributed by atoms with Crippen LogP contribution in [0.1, 0.15) is 11.1 Å². The molecule has 1 aromatic heterocycles. The van der Waals surface area contributed by atoms with Crippen LogP contribution in [0.15, 0.2) is 35.4 Å². The highest BCUT2D eigenvalue weighted by Gasteiger charge is 2.20. The topological polar surface area (TPSA) is 85.1 Å². The molecule has 5 nitrogen and oxygen atoms in total. The summed E-state index contributed by atoms with van der Waals surface area (Å²) in [7, 11) is -3.72. The molecule has 106 valence electrons. The van der Waals surface area contributed by atoms with E-state index in [4.69, 9.17) is 17.3 Å². The number of halogens is 1. The van der Waals surface area contributed by atoms with Gasteiger partial charge in [-0.05, 0) is 49.2 Å². The Balaban J connectivity index is 2.43. The molecule has 0 atom stereocenters. The van der Waals surface area contributed by atoms with E-state index >= 15 is 0 Å². The van der Waals surface area contributed by atoms with Crippen molar-refractivity contribution in [2.45, 2.75) is 18.7 Å². The minimum absolute atomic E-state index is 0.212. The van der Waals surface area contributed by atoms with Crippen LogP contribution in [0, 0.1) is 13.8 Å². The summed E-state index contributed by atoms with van der Waals surface area (Å²) in [4.78, 5) is 4.13. The lowest BCUT2D eigenvalue weighted by Gasteiger charge is -2.13. The van der Waals surface area contributed by atoms with Crippen LogP contribution in [0.3, 0.4) is 0 Å². The van der Waals surface area contributed by atoms with E-state index < -0.39 is 10.0 Å². The van der Waals surface area contributed by atoms with Gasteiger partial charge < -0.3 is 5.73 Å². The average molecular weight is 312 g/mol. The molecule has 0 aliphatic heterocycles. The van der Waals surface area contributed by atoms with Gasteiger partial charge in [-0.25, -0.2) is 13.4 Å². The summed E-state index contributed by atoms with van der Waals surface area (Å²) in [6.45, 7) is 3.40. The van der Waals surface area contributed by atoms with Gasteiger partial charge in [0, 0.05) is 11.9 Å². The second-order valence-electron chi connectivity index (χ2n) is 4.45. The number of benzene rings is 1. The highest BCUT2D eigenvalue weighted by Crippen LogP contribution is 2.25. The van der Waals surface area contributed by atoms with Crippen LogP contribution in [-0.4, -0.2) is 13.4 Å². The SMILES string of the molecule is Cc1cc(N)cc(C)c1S(=O)(=O)Nc1ccc(Cl)cn1. The number of aryl methyl sites for hydroxylation is 2. The standard InChI is InChI=1S/C13H14ClN3O2S/c1-8-5-11(15)6-9(2)13(8)20(18,19)17-12-4-3-10(14)7-16-12/h3-7H,15H2,1-2H3,(H,16,17). The lowest BCUT2D eigenvalue weighted by atomic mass is 10.1. The Morgan fingerprint density at radius 3 is 2.30 bits per heavy atom. The van der Waals surface area contributed by atoms with Crippen molar-refractivity contribution in [3.05, 3.63) is 46.6 Å². The van der Waals surface area contributed by atoms with Gasteiger partial charge in [-0.3, -0.25) is 4.72 Å². The Kier molecular flexibility index (Phi) is 3.87. The van der Waals surface area contributed by atoms with Gasteiger partial charge in [-0.1, -0.05) is 11.6 Å². The molecule has 7 heteroatoms. The number of sulfonamides is 1. The highest BCUT2D eigenvalue weighted by atomic mass is 35.5. The molecule has 3 N–H and O–H groups in total. The fourth-order valence-electron chi connectivity index (χ4n) is 2.03. The number of rotatable bonds is 3. The maximum Gasteiger partial charge on any atom is 0.263 e. The molecule has 1 heterocycles. The second kappa shape index (κ2) is 5.30. The number of pyridine rings is 1. The van der Waals surface area contributed by atoms with Crippen LogP contribution in [0.2, 0.25) is 5.02 Å². The van der Waals surface area contributed by atoms with Gasteiger partial charge in [-0.2, -0.15) is 0 Å². The molecular weight excluding hydrogens is 298 g/mol. The third-order valence-electron chi connectivity index (χ3n) is 2.72. The molecule has 0 spiro atoms. The molecule has 2 aromatic rings. The van der Waals surface area contributed by atoms with Crippen LogP contribution in [0.25, 0.3) is 0 Å². The monoisotopic (exact) mass is 311 g/mol. The lowest BCUT2D eigenvalue weighted by molar-refractivity contribution is 0.600. The summed E-state index contributed by atoms with van der Waals surface area (Å²) in [6, 6.07) is 6.31. The molecule has 0 aliphatic rings. The van der Waals surface area contributed by atoms with Crippen LogP contribution in [-0.2, 0) is 10.0 Å². The van der Waals surface area contributed by atoms with Crippen LogP contribution < -0.4 is 10.5 Å². The summed E-state index contributed by atoms with van der Waals surface area (Å²) in [5.74, 6) is 0.213.